The molecule has 0 spiro atoms. The van der Waals surface area contributed by atoms with Gasteiger partial charge in [-0.3, -0.25) is 4.68 Å². The Balaban J connectivity index is 1.92. The van der Waals surface area contributed by atoms with Crippen LogP contribution >= 0.6 is 0 Å². The molecule has 0 unspecified atom stereocenters. The predicted octanol–water partition coefficient (Wildman–Crippen LogP) is 2.85. The zero-order chi connectivity index (χ0) is 21.1. The quantitative estimate of drug-likeness (QED) is 0.344. The van der Waals surface area contributed by atoms with Crippen LogP contribution in [0.4, 0.5) is 0 Å². The summed E-state index contributed by atoms with van der Waals surface area (Å²) in [7, 11) is 1.97. The molecule has 1 aromatic heterocycles. The molecule has 2 rings (SSSR count). The lowest BCUT2D eigenvalue weighted by Crippen LogP contribution is -2.37. The van der Waals surface area contributed by atoms with E-state index in [9.17, 15) is 0 Å². The van der Waals surface area contributed by atoms with E-state index in [2.05, 4.69) is 53.8 Å². The molecule has 2 aromatic rings. The summed E-state index contributed by atoms with van der Waals surface area (Å²) in [6.07, 6.45) is 0. The van der Waals surface area contributed by atoms with Crippen molar-refractivity contribution in [2.45, 2.75) is 47.4 Å². The van der Waals surface area contributed by atoms with Gasteiger partial charge < -0.3 is 20.1 Å². The van der Waals surface area contributed by atoms with Crippen LogP contribution in [-0.4, -0.2) is 42.1 Å². The molecule has 0 atom stereocenters. The van der Waals surface area contributed by atoms with Crippen molar-refractivity contribution in [3.8, 4) is 0 Å². The van der Waals surface area contributed by atoms with Crippen LogP contribution in [-0.2, 0) is 36.2 Å². The van der Waals surface area contributed by atoms with Gasteiger partial charge in [0, 0.05) is 38.0 Å². The van der Waals surface area contributed by atoms with Gasteiger partial charge in [-0.1, -0.05) is 24.3 Å². The number of ether oxygens (including phenoxy) is 2. The molecule has 2 N–H and O–H groups in total. The fourth-order valence-electron chi connectivity index (χ4n) is 3.03. The Labute approximate surface area is 174 Å². The average molecular weight is 402 g/mol. The second kappa shape index (κ2) is 12.2. The fraction of sp³-hybridized carbons (Fsp3) is 0.545. The highest BCUT2D eigenvalue weighted by atomic mass is 16.5. The number of aromatic nitrogens is 2. The molecule has 0 radical (unpaired) electrons. The van der Waals surface area contributed by atoms with Gasteiger partial charge in [-0.15, -0.1) is 0 Å². The molecule has 0 aliphatic heterocycles. The molecule has 29 heavy (non-hydrogen) atoms. The Morgan fingerprint density at radius 3 is 2.55 bits per heavy atom. The van der Waals surface area contributed by atoms with E-state index in [1.165, 1.54) is 11.3 Å². The highest BCUT2D eigenvalue weighted by Gasteiger charge is 2.09. The maximum Gasteiger partial charge on any atom is 0.191 e. The van der Waals surface area contributed by atoms with Gasteiger partial charge in [-0.25, -0.2) is 4.99 Å². The van der Waals surface area contributed by atoms with Crippen molar-refractivity contribution in [1.82, 2.24) is 20.4 Å². The van der Waals surface area contributed by atoms with Gasteiger partial charge in [-0.05, 0) is 38.8 Å². The van der Waals surface area contributed by atoms with Crippen LogP contribution in [0.5, 0.6) is 0 Å². The van der Waals surface area contributed by atoms with Gasteiger partial charge in [0.15, 0.2) is 5.96 Å². The minimum absolute atomic E-state index is 0.586. The molecular formula is C22H35N5O2. The summed E-state index contributed by atoms with van der Waals surface area (Å²) in [6.45, 7) is 12.8. The van der Waals surface area contributed by atoms with Crippen molar-refractivity contribution in [1.29, 1.82) is 0 Å². The van der Waals surface area contributed by atoms with E-state index >= 15 is 0 Å². The Morgan fingerprint density at radius 2 is 1.86 bits per heavy atom. The molecular weight excluding hydrogens is 366 g/mol. The summed E-state index contributed by atoms with van der Waals surface area (Å²) in [5.41, 5.74) is 5.73. The SMILES string of the molecule is CCNC(=NCc1cccc(COCCOCC)c1)NCc1c(C)nn(C)c1C. The Hall–Kier alpha value is -2.38. The van der Waals surface area contributed by atoms with E-state index in [0.717, 1.165) is 35.9 Å². The van der Waals surface area contributed by atoms with Crippen molar-refractivity contribution in [3.05, 3.63) is 52.3 Å². The third kappa shape index (κ3) is 7.51. The molecule has 0 bridgehead atoms. The summed E-state index contributed by atoms with van der Waals surface area (Å²) in [4.78, 5) is 4.73. The summed E-state index contributed by atoms with van der Waals surface area (Å²) in [6, 6.07) is 8.36. The maximum atomic E-state index is 5.66. The van der Waals surface area contributed by atoms with Gasteiger partial charge in [0.05, 0.1) is 32.1 Å². The largest absolute Gasteiger partial charge is 0.379 e. The van der Waals surface area contributed by atoms with E-state index in [1.54, 1.807) is 0 Å². The second-order valence-electron chi connectivity index (χ2n) is 6.89. The Morgan fingerprint density at radius 1 is 1.10 bits per heavy atom. The summed E-state index contributed by atoms with van der Waals surface area (Å²) in [5, 5.41) is 11.2. The number of hydrogen-bond acceptors (Lipinski definition) is 4. The lowest BCUT2D eigenvalue weighted by Gasteiger charge is -2.12. The third-order valence-corrected chi connectivity index (χ3v) is 4.69. The minimum Gasteiger partial charge on any atom is -0.379 e. The molecule has 0 saturated carbocycles. The highest BCUT2D eigenvalue weighted by Crippen LogP contribution is 2.11. The lowest BCUT2D eigenvalue weighted by molar-refractivity contribution is 0.0453. The van der Waals surface area contributed by atoms with Gasteiger partial charge in [-0.2, -0.15) is 5.10 Å². The van der Waals surface area contributed by atoms with Crippen LogP contribution in [0.2, 0.25) is 0 Å². The van der Waals surface area contributed by atoms with Gasteiger partial charge in [0.2, 0.25) is 0 Å². The van der Waals surface area contributed by atoms with Gasteiger partial charge in [0.1, 0.15) is 0 Å². The summed E-state index contributed by atoms with van der Waals surface area (Å²) < 4.78 is 12.9. The van der Waals surface area contributed by atoms with E-state index < -0.39 is 0 Å². The second-order valence-corrected chi connectivity index (χ2v) is 6.89. The topological polar surface area (TPSA) is 72.7 Å². The zero-order valence-corrected chi connectivity index (χ0v) is 18.4. The highest BCUT2D eigenvalue weighted by molar-refractivity contribution is 5.79. The summed E-state index contributed by atoms with van der Waals surface area (Å²) in [5.74, 6) is 0.800. The van der Waals surface area contributed by atoms with Crippen molar-refractivity contribution in [3.63, 3.8) is 0 Å². The number of aryl methyl sites for hydroxylation is 2. The summed E-state index contributed by atoms with van der Waals surface area (Å²) >= 11 is 0. The Kier molecular flexibility index (Phi) is 9.67. The van der Waals surface area contributed by atoms with E-state index in [1.807, 2.05) is 25.6 Å². The first-order valence-electron chi connectivity index (χ1n) is 10.3. The first-order valence-corrected chi connectivity index (χ1v) is 10.3. The zero-order valence-electron chi connectivity index (χ0n) is 18.4. The van der Waals surface area contributed by atoms with Crippen molar-refractivity contribution in [2.75, 3.05) is 26.4 Å². The van der Waals surface area contributed by atoms with Crippen molar-refractivity contribution in [2.24, 2.45) is 12.0 Å². The van der Waals surface area contributed by atoms with Crippen LogP contribution in [0.1, 0.15) is 41.9 Å². The minimum atomic E-state index is 0.586. The third-order valence-electron chi connectivity index (χ3n) is 4.69. The normalized spacial score (nSPS) is 11.7. The number of nitrogens with one attached hydrogen (secondary N) is 2. The molecule has 0 saturated heterocycles. The van der Waals surface area contributed by atoms with Gasteiger partial charge >= 0.3 is 0 Å². The average Bonchev–Trinajstić information content (AvgIpc) is 2.95. The fourth-order valence-corrected chi connectivity index (χ4v) is 3.03. The molecule has 1 heterocycles. The van der Waals surface area contributed by atoms with Crippen LogP contribution in [0.25, 0.3) is 0 Å². The molecule has 7 heteroatoms. The van der Waals surface area contributed by atoms with Crippen LogP contribution in [0.15, 0.2) is 29.3 Å². The molecule has 7 nitrogen and oxygen atoms in total. The standard InChI is InChI=1S/C22H35N5O2/c1-6-23-22(25-15-21-17(3)26-27(5)18(21)4)24-14-19-9-8-10-20(13-19)16-29-12-11-28-7-2/h8-10,13H,6-7,11-12,14-16H2,1-5H3,(H2,23,24,25). The number of aliphatic imine (C=N–C) groups is 1. The van der Waals surface area contributed by atoms with E-state index in [-0.39, 0.29) is 0 Å². The predicted molar refractivity (Wildman–Crippen MR) is 117 cm³/mol. The molecule has 1 aromatic carbocycles. The van der Waals surface area contributed by atoms with Crippen LogP contribution in [0.3, 0.4) is 0 Å². The number of hydrogen-bond donors (Lipinski definition) is 2. The number of benzene rings is 1. The number of nitrogens with zero attached hydrogens (tertiary/aromatic N) is 3. The number of rotatable bonds is 11. The molecule has 160 valence electrons. The molecule has 0 aliphatic rings. The molecule has 0 fully saturated rings. The lowest BCUT2D eigenvalue weighted by atomic mass is 10.1. The van der Waals surface area contributed by atoms with Gasteiger partial charge in [0.25, 0.3) is 0 Å². The van der Waals surface area contributed by atoms with Crippen LogP contribution < -0.4 is 10.6 Å². The molecule has 0 aliphatic carbocycles. The maximum absolute atomic E-state index is 5.66. The monoisotopic (exact) mass is 401 g/mol. The van der Waals surface area contributed by atoms with Crippen LogP contribution in [0, 0.1) is 13.8 Å². The van der Waals surface area contributed by atoms with E-state index in [0.29, 0.717) is 32.9 Å². The van der Waals surface area contributed by atoms with E-state index in [4.69, 9.17) is 14.5 Å². The smallest absolute Gasteiger partial charge is 0.191 e. The first kappa shape index (κ1) is 22.9. The Bertz CT molecular complexity index is 786. The van der Waals surface area contributed by atoms with Crippen molar-refractivity contribution >= 4 is 5.96 Å². The molecule has 0 amide bonds. The van der Waals surface area contributed by atoms with Crippen molar-refractivity contribution < 1.29 is 9.47 Å². The first-order chi connectivity index (χ1) is 14.0. The number of guanidine groups is 1.